The second kappa shape index (κ2) is 6.55. The van der Waals surface area contributed by atoms with Crippen molar-refractivity contribution in [2.75, 3.05) is 7.05 Å². The largest absolute Gasteiger partial charge is 0.312 e. The lowest BCUT2D eigenvalue weighted by Crippen LogP contribution is -2.22. The van der Waals surface area contributed by atoms with Gasteiger partial charge in [0.25, 0.3) is 0 Å². The van der Waals surface area contributed by atoms with Crippen LogP contribution in [0.25, 0.3) is 0 Å². The molecule has 1 aromatic rings. The van der Waals surface area contributed by atoms with Crippen LogP contribution in [0, 0.1) is 5.92 Å². The van der Waals surface area contributed by atoms with Crippen molar-refractivity contribution in [2.45, 2.75) is 52.6 Å². The van der Waals surface area contributed by atoms with Crippen LogP contribution in [-0.4, -0.2) is 16.8 Å². The summed E-state index contributed by atoms with van der Waals surface area (Å²) in [5.41, 5.74) is 1.27. The van der Waals surface area contributed by atoms with Crippen LogP contribution < -0.4 is 5.32 Å². The highest BCUT2D eigenvalue weighted by Gasteiger charge is 2.20. The number of hydrogen-bond acceptors (Lipinski definition) is 2. The molecule has 0 aliphatic heterocycles. The zero-order valence-corrected chi connectivity index (χ0v) is 13.1. The van der Waals surface area contributed by atoms with Gasteiger partial charge in [0, 0.05) is 6.04 Å². The highest BCUT2D eigenvalue weighted by molar-refractivity contribution is 9.10. The minimum atomic E-state index is 0.372. The van der Waals surface area contributed by atoms with E-state index in [9.17, 15) is 0 Å². The Morgan fingerprint density at radius 1 is 1.29 bits per heavy atom. The van der Waals surface area contributed by atoms with Gasteiger partial charge in [-0.2, -0.15) is 5.10 Å². The summed E-state index contributed by atoms with van der Waals surface area (Å²) in [4.78, 5) is 0. The Hall–Kier alpha value is -0.350. The molecular formula is C13H24BrN3. The fourth-order valence-corrected chi connectivity index (χ4v) is 2.56. The molecule has 0 spiro atoms. The van der Waals surface area contributed by atoms with E-state index in [0.717, 1.165) is 16.8 Å². The Kier molecular flexibility index (Phi) is 5.67. The Labute approximate surface area is 113 Å². The molecule has 0 saturated heterocycles. The van der Waals surface area contributed by atoms with Gasteiger partial charge in [0.1, 0.15) is 0 Å². The summed E-state index contributed by atoms with van der Waals surface area (Å²) in [7, 11) is 2.02. The van der Waals surface area contributed by atoms with Gasteiger partial charge in [0.05, 0.1) is 22.4 Å². The SMILES string of the molecule is CNC(CCC(C)C)c1c(Br)cnn1C(C)C. The van der Waals surface area contributed by atoms with Crippen molar-refractivity contribution >= 4 is 15.9 Å². The molecule has 1 unspecified atom stereocenters. The predicted molar refractivity (Wildman–Crippen MR) is 76.2 cm³/mol. The molecule has 1 rings (SSSR count). The molecule has 0 radical (unpaired) electrons. The molecular weight excluding hydrogens is 278 g/mol. The summed E-state index contributed by atoms with van der Waals surface area (Å²) in [5, 5.41) is 7.85. The van der Waals surface area contributed by atoms with Crippen molar-refractivity contribution in [1.82, 2.24) is 15.1 Å². The fraction of sp³-hybridized carbons (Fsp3) is 0.769. The van der Waals surface area contributed by atoms with Crippen LogP contribution in [-0.2, 0) is 0 Å². The van der Waals surface area contributed by atoms with Crippen LogP contribution in [0.4, 0.5) is 0 Å². The third-order valence-corrected chi connectivity index (χ3v) is 3.60. The number of hydrogen-bond donors (Lipinski definition) is 1. The highest BCUT2D eigenvalue weighted by atomic mass is 79.9. The maximum absolute atomic E-state index is 4.44. The molecule has 17 heavy (non-hydrogen) atoms. The molecule has 0 fully saturated rings. The van der Waals surface area contributed by atoms with Gasteiger partial charge in [-0.1, -0.05) is 13.8 Å². The maximum Gasteiger partial charge on any atom is 0.0698 e. The lowest BCUT2D eigenvalue weighted by Gasteiger charge is -2.21. The Bertz CT molecular complexity index is 344. The van der Waals surface area contributed by atoms with Gasteiger partial charge in [-0.3, -0.25) is 4.68 Å². The average Bonchev–Trinajstić information content (AvgIpc) is 2.62. The van der Waals surface area contributed by atoms with E-state index in [-0.39, 0.29) is 0 Å². The predicted octanol–water partition coefficient (Wildman–Crippen LogP) is 3.92. The molecule has 3 nitrogen and oxygen atoms in total. The topological polar surface area (TPSA) is 29.9 Å². The molecule has 0 saturated carbocycles. The van der Waals surface area contributed by atoms with E-state index < -0.39 is 0 Å². The van der Waals surface area contributed by atoms with Gasteiger partial charge < -0.3 is 5.32 Å². The summed E-state index contributed by atoms with van der Waals surface area (Å²) < 4.78 is 3.21. The summed E-state index contributed by atoms with van der Waals surface area (Å²) in [6, 6.07) is 0.767. The van der Waals surface area contributed by atoms with Crippen LogP contribution >= 0.6 is 15.9 Å². The Balaban J connectivity index is 2.90. The molecule has 0 aliphatic rings. The lowest BCUT2D eigenvalue weighted by molar-refractivity contribution is 0.415. The van der Waals surface area contributed by atoms with Crippen molar-refractivity contribution in [2.24, 2.45) is 5.92 Å². The normalized spacial score (nSPS) is 13.6. The first-order valence-electron chi connectivity index (χ1n) is 6.37. The van der Waals surface area contributed by atoms with Crippen LogP contribution in [0.1, 0.15) is 58.3 Å². The minimum absolute atomic E-state index is 0.372. The van der Waals surface area contributed by atoms with Crippen molar-refractivity contribution in [1.29, 1.82) is 0 Å². The number of nitrogens with one attached hydrogen (secondary N) is 1. The van der Waals surface area contributed by atoms with Crippen molar-refractivity contribution in [3.63, 3.8) is 0 Å². The molecule has 0 bridgehead atoms. The van der Waals surface area contributed by atoms with Gasteiger partial charge >= 0.3 is 0 Å². The van der Waals surface area contributed by atoms with E-state index in [1.807, 2.05) is 13.2 Å². The van der Waals surface area contributed by atoms with E-state index in [2.05, 4.69) is 58.7 Å². The van der Waals surface area contributed by atoms with E-state index in [1.165, 1.54) is 12.1 Å². The van der Waals surface area contributed by atoms with E-state index >= 15 is 0 Å². The van der Waals surface area contributed by atoms with Gasteiger partial charge in [0.2, 0.25) is 0 Å². The zero-order chi connectivity index (χ0) is 13.0. The Morgan fingerprint density at radius 2 is 1.94 bits per heavy atom. The molecule has 0 amide bonds. The summed E-state index contributed by atoms with van der Waals surface area (Å²) in [6.45, 7) is 8.86. The van der Waals surface area contributed by atoms with E-state index in [4.69, 9.17) is 0 Å². The first-order valence-corrected chi connectivity index (χ1v) is 7.16. The number of rotatable bonds is 6. The van der Waals surface area contributed by atoms with Gasteiger partial charge in [-0.15, -0.1) is 0 Å². The molecule has 0 aromatic carbocycles. The van der Waals surface area contributed by atoms with Crippen LogP contribution in [0.15, 0.2) is 10.7 Å². The number of aromatic nitrogens is 2. The molecule has 1 aromatic heterocycles. The molecule has 98 valence electrons. The smallest absolute Gasteiger partial charge is 0.0698 e. The zero-order valence-electron chi connectivity index (χ0n) is 11.5. The number of halogens is 1. The minimum Gasteiger partial charge on any atom is -0.312 e. The van der Waals surface area contributed by atoms with Crippen molar-refractivity contribution in [3.8, 4) is 0 Å². The average molecular weight is 302 g/mol. The van der Waals surface area contributed by atoms with Crippen molar-refractivity contribution < 1.29 is 0 Å². The van der Waals surface area contributed by atoms with Crippen molar-refractivity contribution in [3.05, 3.63) is 16.4 Å². The second-order valence-electron chi connectivity index (χ2n) is 5.23. The summed E-state index contributed by atoms with van der Waals surface area (Å²) in [6.07, 6.45) is 4.27. The first kappa shape index (κ1) is 14.7. The first-order chi connectivity index (χ1) is 7.97. The Morgan fingerprint density at radius 3 is 2.41 bits per heavy atom. The molecule has 1 heterocycles. The standard InChI is InChI=1S/C13H24BrN3/c1-9(2)6-7-12(15-5)13-11(14)8-16-17(13)10(3)4/h8-10,12,15H,6-7H2,1-5H3. The fourth-order valence-electron chi connectivity index (χ4n) is 2.01. The third kappa shape index (κ3) is 3.81. The van der Waals surface area contributed by atoms with Crippen LogP contribution in [0.2, 0.25) is 0 Å². The summed E-state index contributed by atoms with van der Waals surface area (Å²) >= 11 is 3.61. The lowest BCUT2D eigenvalue weighted by atomic mass is 10.0. The molecule has 0 aliphatic carbocycles. The monoisotopic (exact) mass is 301 g/mol. The van der Waals surface area contributed by atoms with Gasteiger partial charge in [0.15, 0.2) is 0 Å². The molecule has 1 atom stereocenters. The number of nitrogens with zero attached hydrogens (tertiary/aromatic N) is 2. The van der Waals surface area contributed by atoms with E-state index in [1.54, 1.807) is 0 Å². The highest BCUT2D eigenvalue weighted by Crippen LogP contribution is 2.29. The molecule has 4 heteroatoms. The second-order valence-corrected chi connectivity index (χ2v) is 6.08. The van der Waals surface area contributed by atoms with Gasteiger partial charge in [-0.05, 0) is 55.6 Å². The van der Waals surface area contributed by atoms with Crippen LogP contribution in [0.3, 0.4) is 0 Å². The maximum atomic E-state index is 4.44. The summed E-state index contributed by atoms with van der Waals surface area (Å²) in [5.74, 6) is 0.736. The third-order valence-electron chi connectivity index (χ3n) is 2.99. The molecule has 1 N–H and O–H groups in total. The quantitative estimate of drug-likeness (QED) is 0.863. The van der Waals surface area contributed by atoms with Gasteiger partial charge in [-0.25, -0.2) is 0 Å². The van der Waals surface area contributed by atoms with E-state index in [0.29, 0.717) is 12.1 Å². The van der Waals surface area contributed by atoms with Crippen LogP contribution in [0.5, 0.6) is 0 Å².